The molecule has 3 aliphatic heterocycles. The molecule has 2 amide bonds. The quantitative estimate of drug-likeness (QED) is 0.726. The lowest BCUT2D eigenvalue weighted by Gasteiger charge is -2.35. The molecule has 8 nitrogen and oxygen atoms in total. The molecule has 8 heteroatoms. The second kappa shape index (κ2) is 9.77. The molecule has 3 heterocycles. The summed E-state index contributed by atoms with van der Waals surface area (Å²) in [4.78, 5) is 15.2. The van der Waals surface area contributed by atoms with E-state index in [1.807, 2.05) is 19.1 Å². The predicted molar refractivity (Wildman–Crippen MR) is 136 cm³/mol. The molecule has 2 aromatic carbocycles. The number of nitrogens with one attached hydrogen (secondary N) is 1. The number of carbonyl (C=O) groups is 1. The zero-order chi connectivity index (χ0) is 24.5. The Kier molecular flexibility index (Phi) is 6.56. The number of carbonyl (C=O) groups excluding carboxylic acids is 1. The molecule has 0 bridgehead atoms. The number of fused-ring (bicyclic) bond motifs is 2. The molecule has 0 saturated carbocycles. The van der Waals surface area contributed by atoms with Gasteiger partial charge in [-0.1, -0.05) is 12.1 Å². The van der Waals surface area contributed by atoms with E-state index in [0.717, 1.165) is 54.9 Å². The van der Waals surface area contributed by atoms with Gasteiger partial charge < -0.3 is 24.4 Å². The first-order chi connectivity index (χ1) is 17.0. The Morgan fingerprint density at radius 1 is 1.11 bits per heavy atom. The Morgan fingerprint density at radius 3 is 2.57 bits per heavy atom. The lowest BCUT2D eigenvalue weighted by atomic mass is 9.92. The molecule has 3 atom stereocenters. The maximum absolute atomic E-state index is 12.7. The Labute approximate surface area is 206 Å². The first-order valence-electron chi connectivity index (χ1n) is 12.3. The molecule has 0 aromatic heterocycles. The third kappa shape index (κ3) is 4.43. The molecule has 3 unspecified atom stereocenters. The molecule has 2 saturated heterocycles. The third-order valence-corrected chi connectivity index (χ3v) is 7.42. The number of amides is 2. The van der Waals surface area contributed by atoms with E-state index in [-0.39, 0.29) is 12.1 Å². The Balaban J connectivity index is 1.52. The second-order valence-electron chi connectivity index (χ2n) is 9.51. The molecule has 0 aliphatic carbocycles. The van der Waals surface area contributed by atoms with Crippen LogP contribution in [0.25, 0.3) is 0 Å². The Morgan fingerprint density at radius 2 is 1.86 bits per heavy atom. The van der Waals surface area contributed by atoms with Crippen molar-refractivity contribution in [3.05, 3.63) is 53.1 Å². The first kappa shape index (κ1) is 23.5. The van der Waals surface area contributed by atoms with E-state index in [4.69, 9.17) is 19.3 Å². The minimum atomic E-state index is -0.236. The highest BCUT2D eigenvalue weighted by Crippen LogP contribution is 2.35. The van der Waals surface area contributed by atoms with Gasteiger partial charge in [-0.25, -0.2) is 9.80 Å². The van der Waals surface area contributed by atoms with Crippen molar-refractivity contribution in [3.63, 3.8) is 0 Å². The van der Waals surface area contributed by atoms with E-state index in [2.05, 4.69) is 34.5 Å². The van der Waals surface area contributed by atoms with Crippen molar-refractivity contribution in [3.8, 4) is 11.5 Å². The Hall–Kier alpha value is -3.26. The fraction of sp³-hybridized carbons (Fsp3) is 0.481. The van der Waals surface area contributed by atoms with E-state index in [1.165, 1.54) is 10.7 Å². The van der Waals surface area contributed by atoms with Gasteiger partial charge in [0.05, 0.1) is 32.1 Å². The van der Waals surface area contributed by atoms with E-state index in [1.54, 1.807) is 21.3 Å². The van der Waals surface area contributed by atoms with Crippen LogP contribution < -0.4 is 19.7 Å². The normalized spacial score (nSPS) is 23.7. The molecule has 35 heavy (non-hydrogen) atoms. The average molecular weight is 479 g/mol. The summed E-state index contributed by atoms with van der Waals surface area (Å²) in [5.41, 5.74) is 4.90. The van der Waals surface area contributed by atoms with E-state index < -0.39 is 0 Å². The standard InChI is InChI=1S/C27H34N4O4/c1-17-13-20-14-24(33-3)25(34-4)15-22(20)26(29-31(17)27(32)28-2)18-5-7-21(8-6-18)30-11-9-23-19(16-30)10-12-35-23/h5-8,14-15,17,19,23H,9-13,16H2,1-4H3,(H,28,32). The lowest BCUT2D eigenvalue weighted by molar-refractivity contribution is 0.0773. The molecular weight excluding hydrogens is 444 g/mol. The summed E-state index contributed by atoms with van der Waals surface area (Å²) < 4.78 is 17.0. The summed E-state index contributed by atoms with van der Waals surface area (Å²) in [5, 5.41) is 9.12. The second-order valence-corrected chi connectivity index (χ2v) is 9.51. The Bertz CT molecular complexity index is 1120. The fourth-order valence-corrected chi connectivity index (χ4v) is 5.49. The number of anilines is 1. The van der Waals surface area contributed by atoms with Gasteiger partial charge in [0.25, 0.3) is 0 Å². The van der Waals surface area contributed by atoms with Gasteiger partial charge in [-0.2, -0.15) is 5.10 Å². The van der Waals surface area contributed by atoms with Gasteiger partial charge >= 0.3 is 6.03 Å². The number of nitrogens with zero attached hydrogens (tertiary/aromatic N) is 3. The van der Waals surface area contributed by atoms with Crippen LogP contribution in [0.1, 0.15) is 36.5 Å². The van der Waals surface area contributed by atoms with Crippen LogP contribution in [0.2, 0.25) is 0 Å². The first-order valence-corrected chi connectivity index (χ1v) is 12.3. The van der Waals surface area contributed by atoms with Crippen molar-refractivity contribution in [1.29, 1.82) is 0 Å². The number of urea groups is 1. The minimum absolute atomic E-state index is 0.126. The van der Waals surface area contributed by atoms with Crippen LogP contribution in [0, 0.1) is 5.92 Å². The van der Waals surface area contributed by atoms with E-state index in [9.17, 15) is 4.79 Å². The average Bonchev–Trinajstić information content (AvgIpc) is 3.31. The van der Waals surface area contributed by atoms with Gasteiger partial charge in [0.2, 0.25) is 0 Å². The maximum atomic E-state index is 12.7. The fourth-order valence-electron chi connectivity index (χ4n) is 5.49. The van der Waals surface area contributed by atoms with Crippen LogP contribution in [0.4, 0.5) is 10.5 Å². The highest BCUT2D eigenvalue weighted by atomic mass is 16.5. The molecule has 1 N–H and O–H groups in total. The number of methoxy groups -OCH3 is 2. The zero-order valence-corrected chi connectivity index (χ0v) is 20.9. The maximum Gasteiger partial charge on any atom is 0.337 e. The third-order valence-electron chi connectivity index (χ3n) is 7.42. The SMILES string of the molecule is CNC(=O)N1N=C(c2ccc(N3CCC4OCCC4C3)cc2)c2cc(OC)c(OC)cc2CC1C. The summed E-state index contributed by atoms with van der Waals surface area (Å²) in [7, 11) is 4.89. The molecule has 5 rings (SSSR count). The highest BCUT2D eigenvalue weighted by molar-refractivity contribution is 6.14. The molecule has 0 spiro atoms. The zero-order valence-electron chi connectivity index (χ0n) is 20.9. The minimum Gasteiger partial charge on any atom is -0.493 e. The van der Waals surface area contributed by atoms with Gasteiger partial charge in [0.15, 0.2) is 11.5 Å². The summed E-state index contributed by atoms with van der Waals surface area (Å²) in [6.07, 6.45) is 3.29. The van der Waals surface area contributed by atoms with Crippen LogP contribution in [0.5, 0.6) is 11.5 Å². The van der Waals surface area contributed by atoms with Crippen molar-refractivity contribution in [2.75, 3.05) is 45.9 Å². The summed E-state index contributed by atoms with van der Waals surface area (Å²) in [6.45, 7) is 4.92. The summed E-state index contributed by atoms with van der Waals surface area (Å²) in [5.74, 6) is 1.92. The molecule has 0 radical (unpaired) electrons. The van der Waals surface area contributed by atoms with Crippen molar-refractivity contribution in [2.24, 2.45) is 11.0 Å². The summed E-state index contributed by atoms with van der Waals surface area (Å²) in [6, 6.07) is 12.1. The van der Waals surface area contributed by atoms with Gasteiger partial charge in [-0.15, -0.1) is 0 Å². The van der Waals surface area contributed by atoms with Crippen LogP contribution >= 0.6 is 0 Å². The molecule has 186 valence electrons. The number of piperidine rings is 1. The number of ether oxygens (including phenoxy) is 3. The lowest BCUT2D eigenvalue weighted by Crippen LogP contribution is -2.41. The van der Waals surface area contributed by atoms with Crippen LogP contribution in [-0.4, -0.2) is 69.9 Å². The van der Waals surface area contributed by atoms with E-state index in [0.29, 0.717) is 29.9 Å². The van der Waals surface area contributed by atoms with Crippen molar-refractivity contribution in [1.82, 2.24) is 10.3 Å². The van der Waals surface area contributed by atoms with Crippen molar-refractivity contribution < 1.29 is 19.0 Å². The smallest absolute Gasteiger partial charge is 0.337 e. The number of hydrogen-bond acceptors (Lipinski definition) is 6. The molecule has 3 aliphatic rings. The van der Waals surface area contributed by atoms with Gasteiger partial charge in [-0.05, 0) is 56.0 Å². The molecular formula is C27H34N4O4. The molecule has 2 aromatic rings. The highest BCUT2D eigenvalue weighted by Gasteiger charge is 2.34. The van der Waals surface area contributed by atoms with Crippen LogP contribution in [0.3, 0.4) is 0 Å². The monoisotopic (exact) mass is 478 g/mol. The van der Waals surface area contributed by atoms with E-state index >= 15 is 0 Å². The summed E-state index contributed by atoms with van der Waals surface area (Å²) >= 11 is 0. The van der Waals surface area contributed by atoms with Crippen LogP contribution in [-0.2, 0) is 11.2 Å². The number of benzene rings is 2. The van der Waals surface area contributed by atoms with Crippen molar-refractivity contribution >= 4 is 17.4 Å². The topological polar surface area (TPSA) is 75.6 Å². The number of rotatable bonds is 4. The largest absolute Gasteiger partial charge is 0.493 e. The molecule has 2 fully saturated rings. The van der Waals surface area contributed by atoms with Gasteiger partial charge in [0, 0.05) is 49.5 Å². The number of hydrogen-bond donors (Lipinski definition) is 1. The van der Waals surface area contributed by atoms with Crippen molar-refractivity contribution in [2.45, 2.75) is 38.3 Å². The number of hydrazone groups is 1. The van der Waals surface area contributed by atoms with Crippen LogP contribution in [0.15, 0.2) is 41.5 Å². The van der Waals surface area contributed by atoms with Gasteiger partial charge in [0.1, 0.15) is 0 Å². The van der Waals surface area contributed by atoms with Gasteiger partial charge in [-0.3, -0.25) is 0 Å². The predicted octanol–water partition coefficient (Wildman–Crippen LogP) is 3.66.